The average molecular weight is 336 g/mol. The summed E-state index contributed by atoms with van der Waals surface area (Å²) in [5, 5.41) is 10.5. The minimum atomic E-state index is -1.28. The van der Waals surface area contributed by atoms with Crippen LogP contribution in [0.25, 0.3) is 0 Å². The number of carbonyl (C=O) groups is 1. The first kappa shape index (κ1) is 15.8. The van der Waals surface area contributed by atoms with Gasteiger partial charge >= 0.3 is 0 Å². The molecule has 23 heavy (non-hydrogen) atoms. The normalized spacial score (nSPS) is 15.9. The Kier molecular flexibility index (Phi) is 4.50. The number of halogens is 2. The van der Waals surface area contributed by atoms with Gasteiger partial charge in [-0.25, -0.2) is 4.39 Å². The van der Waals surface area contributed by atoms with E-state index in [0.29, 0.717) is 29.4 Å². The summed E-state index contributed by atoms with van der Waals surface area (Å²) < 4.78 is 18.5. The largest absolute Gasteiger partial charge is 0.487 e. The monoisotopic (exact) mass is 335 g/mol. The first-order valence-electron chi connectivity index (χ1n) is 7.18. The molecule has 0 aliphatic carbocycles. The van der Waals surface area contributed by atoms with Crippen molar-refractivity contribution in [2.24, 2.45) is 0 Å². The molecule has 1 fully saturated rings. The third kappa shape index (κ3) is 3.46. The Labute approximate surface area is 138 Å². The second-order valence-electron chi connectivity index (χ2n) is 5.36. The minimum absolute atomic E-state index is 0.164. The van der Waals surface area contributed by atoms with E-state index in [0.717, 1.165) is 0 Å². The number of rotatable bonds is 4. The van der Waals surface area contributed by atoms with E-state index in [2.05, 4.69) is 0 Å². The topological polar surface area (TPSA) is 49.8 Å². The Bertz CT molecular complexity index is 701. The predicted molar refractivity (Wildman–Crippen MR) is 83.8 cm³/mol. The molecule has 0 saturated carbocycles. The van der Waals surface area contributed by atoms with Crippen molar-refractivity contribution in [3.63, 3.8) is 0 Å². The fourth-order valence-corrected chi connectivity index (χ4v) is 2.64. The lowest BCUT2D eigenvalue weighted by Crippen LogP contribution is -2.57. The molecule has 0 spiro atoms. The molecule has 2 aromatic carbocycles. The van der Waals surface area contributed by atoms with Crippen LogP contribution in [0.3, 0.4) is 0 Å². The molecule has 0 bridgehead atoms. The molecule has 1 heterocycles. The SMILES string of the molecule is O=C(C(O)c1ccccc1Cl)N1CC(Oc2ccc(F)cc2)C1. The summed E-state index contributed by atoms with van der Waals surface area (Å²) in [6.45, 7) is 0.745. The molecule has 1 unspecified atom stereocenters. The molecular weight excluding hydrogens is 321 g/mol. The molecule has 2 aromatic rings. The summed E-state index contributed by atoms with van der Waals surface area (Å²) in [5.41, 5.74) is 0.391. The molecule has 0 aromatic heterocycles. The number of benzene rings is 2. The molecule has 1 amide bonds. The highest BCUT2D eigenvalue weighted by Gasteiger charge is 2.36. The predicted octanol–water partition coefficient (Wildman–Crippen LogP) is 2.80. The van der Waals surface area contributed by atoms with E-state index >= 15 is 0 Å². The van der Waals surface area contributed by atoms with Crippen LogP contribution in [0.5, 0.6) is 5.75 Å². The zero-order chi connectivity index (χ0) is 16.4. The van der Waals surface area contributed by atoms with Crippen LogP contribution in [0.1, 0.15) is 11.7 Å². The van der Waals surface area contributed by atoms with Crippen LogP contribution in [0.4, 0.5) is 4.39 Å². The van der Waals surface area contributed by atoms with Gasteiger partial charge in [0.25, 0.3) is 5.91 Å². The Morgan fingerprint density at radius 2 is 1.87 bits per heavy atom. The Morgan fingerprint density at radius 1 is 1.22 bits per heavy atom. The molecule has 4 nitrogen and oxygen atoms in total. The Hall–Kier alpha value is -2.11. The Morgan fingerprint density at radius 3 is 2.52 bits per heavy atom. The zero-order valence-corrected chi connectivity index (χ0v) is 12.9. The first-order valence-corrected chi connectivity index (χ1v) is 7.56. The fraction of sp³-hybridized carbons (Fsp3) is 0.235. The molecule has 1 aliphatic heterocycles. The van der Waals surface area contributed by atoms with Crippen molar-refractivity contribution in [3.05, 3.63) is 64.9 Å². The first-order chi connectivity index (χ1) is 11.0. The van der Waals surface area contributed by atoms with Crippen molar-refractivity contribution in [2.45, 2.75) is 12.2 Å². The van der Waals surface area contributed by atoms with Crippen LogP contribution >= 0.6 is 11.6 Å². The van der Waals surface area contributed by atoms with Gasteiger partial charge in [-0.1, -0.05) is 29.8 Å². The second-order valence-corrected chi connectivity index (χ2v) is 5.77. The summed E-state index contributed by atoms with van der Waals surface area (Å²) >= 11 is 5.99. The second kappa shape index (κ2) is 6.56. The molecule has 1 saturated heterocycles. The van der Waals surface area contributed by atoms with E-state index in [-0.39, 0.29) is 11.9 Å². The van der Waals surface area contributed by atoms with Gasteiger partial charge in [-0.3, -0.25) is 4.79 Å². The molecule has 6 heteroatoms. The van der Waals surface area contributed by atoms with Crippen molar-refractivity contribution in [2.75, 3.05) is 13.1 Å². The molecule has 1 aliphatic rings. The highest BCUT2D eigenvalue weighted by Crippen LogP contribution is 2.26. The van der Waals surface area contributed by atoms with Gasteiger partial charge in [0.1, 0.15) is 17.7 Å². The van der Waals surface area contributed by atoms with Crippen molar-refractivity contribution in [3.8, 4) is 5.75 Å². The smallest absolute Gasteiger partial charge is 0.256 e. The van der Waals surface area contributed by atoms with Crippen molar-refractivity contribution >= 4 is 17.5 Å². The van der Waals surface area contributed by atoms with Gasteiger partial charge in [0.05, 0.1) is 13.1 Å². The number of hydrogen-bond acceptors (Lipinski definition) is 3. The standard InChI is InChI=1S/C17H15ClFNO3/c18-15-4-2-1-3-14(15)16(21)17(22)20-9-13(10-20)23-12-7-5-11(19)6-8-12/h1-8,13,16,21H,9-10H2. The van der Waals surface area contributed by atoms with Crippen molar-refractivity contribution in [1.29, 1.82) is 0 Å². The summed E-state index contributed by atoms with van der Waals surface area (Å²) in [6, 6.07) is 12.4. The number of hydrogen-bond donors (Lipinski definition) is 1. The number of nitrogens with zero attached hydrogens (tertiary/aromatic N) is 1. The van der Waals surface area contributed by atoms with E-state index < -0.39 is 12.0 Å². The lowest BCUT2D eigenvalue weighted by molar-refractivity contribution is -0.149. The fourth-order valence-electron chi connectivity index (χ4n) is 2.40. The van der Waals surface area contributed by atoms with E-state index in [1.165, 1.54) is 17.0 Å². The van der Waals surface area contributed by atoms with Gasteiger partial charge in [0, 0.05) is 10.6 Å². The maximum atomic E-state index is 12.8. The molecular formula is C17H15ClFNO3. The van der Waals surface area contributed by atoms with E-state index in [1.54, 1.807) is 36.4 Å². The van der Waals surface area contributed by atoms with E-state index in [1.807, 2.05) is 0 Å². The highest BCUT2D eigenvalue weighted by molar-refractivity contribution is 6.31. The van der Waals surface area contributed by atoms with Crippen LogP contribution in [0, 0.1) is 5.82 Å². The maximum absolute atomic E-state index is 12.8. The molecule has 1 N–H and O–H groups in total. The minimum Gasteiger partial charge on any atom is -0.487 e. The van der Waals surface area contributed by atoms with Crippen LogP contribution < -0.4 is 4.74 Å². The lowest BCUT2D eigenvalue weighted by Gasteiger charge is -2.40. The number of amides is 1. The van der Waals surface area contributed by atoms with Crippen LogP contribution in [0.15, 0.2) is 48.5 Å². The number of carbonyl (C=O) groups excluding carboxylic acids is 1. The van der Waals surface area contributed by atoms with Crippen molar-refractivity contribution in [1.82, 2.24) is 4.90 Å². The van der Waals surface area contributed by atoms with Crippen molar-refractivity contribution < 1.29 is 19.0 Å². The summed E-state index contributed by atoms with van der Waals surface area (Å²) in [4.78, 5) is 13.7. The summed E-state index contributed by atoms with van der Waals surface area (Å²) in [5.74, 6) is -0.183. The van der Waals surface area contributed by atoms with Gasteiger partial charge in [0.2, 0.25) is 0 Å². The van der Waals surface area contributed by atoms with Gasteiger partial charge in [0.15, 0.2) is 6.10 Å². The third-order valence-electron chi connectivity index (χ3n) is 3.71. The highest BCUT2D eigenvalue weighted by atomic mass is 35.5. The number of likely N-dealkylation sites (tertiary alicyclic amines) is 1. The maximum Gasteiger partial charge on any atom is 0.256 e. The van der Waals surface area contributed by atoms with Crippen LogP contribution in [-0.4, -0.2) is 35.1 Å². The van der Waals surface area contributed by atoms with E-state index in [4.69, 9.17) is 16.3 Å². The molecule has 1 atom stereocenters. The average Bonchev–Trinajstić information content (AvgIpc) is 2.51. The molecule has 0 radical (unpaired) electrons. The lowest BCUT2D eigenvalue weighted by atomic mass is 10.1. The van der Waals surface area contributed by atoms with Gasteiger partial charge in [-0.2, -0.15) is 0 Å². The van der Waals surface area contributed by atoms with Crippen LogP contribution in [-0.2, 0) is 4.79 Å². The quantitative estimate of drug-likeness (QED) is 0.934. The summed E-state index contributed by atoms with van der Waals surface area (Å²) in [7, 11) is 0. The van der Waals surface area contributed by atoms with E-state index in [9.17, 15) is 14.3 Å². The number of aliphatic hydroxyl groups excluding tert-OH is 1. The third-order valence-corrected chi connectivity index (χ3v) is 4.05. The Balaban J connectivity index is 1.55. The van der Waals surface area contributed by atoms with Gasteiger partial charge < -0.3 is 14.7 Å². The molecule has 3 rings (SSSR count). The van der Waals surface area contributed by atoms with Crippen LogP contribution in [0.2, 0.25) is 5.02 Å². The number of ether oxygens (including phenoxy) is 1. The van der Waals surface area contributed by atoms with Gasteiger partial charge in [-0.05, 0) is 30.3 Å². The summed E-state index contributed by atoms with van der Waals surface area (Å²) in [6.07, 6.45) is -1.45. The zero-order valence-electron chi connectivity index (χ0n) is 12.2. The molecule has 120 valence electrons. The number of aliphatic hydroxyl groups is 1. The van der Waals surface area contributed by atoms with Gasteiger partial charge in [-0.15, -0.1) is 0 Å².